The number of rotatable bonds is 5. The van der Waals surface area contributed by atoms with Crippen LogP contribution in [0.2, 0.25) is 0 Å². The van der Waals surface area contributed by atoms with Crippen LogP contribution in [0.15, 0.2) is 0 Å². The molecule has 2 rings (SSSR count). The van der Waals surface area contributed by atoms with Gasteiger partial charge < -0.3 is 5.11 Å². The molecule has 0 aromatic carbocycles. The van der Waals surface area contributed by atoms with Gasteiger partial charge in [-0.05, 0) is 49.4 Å². The normalized spacial score (nSPS) is 40.6. The lowest BCUT2D eigenvalue weighted by molar-refractivity contribution is -0.204. The molecule has 0 bridgehead atoms. The number of hydrogen-bond acceptors (Lipinski definition) is 2. The number of ketones is 1. The molecule has 128 valence electrons. The molecule has 5 atom stereocenters. The van der Waals surface area contributed by atoms with Gasteiger partial charge in [-0.3, -0.25) is 4.79 Å². The van der Waals surface area contributed by atoms with Crippen LogP contribution in [-0.2, 0) is 4.79 Å². The summed E-state index contributed by atoms with van der Waals surface area (Å²) in [7, 11) is 0. The van der Waals surface area contributed by atoms with E-state index in [0.717, 1.165) is 25.7 Å². The van der Waals surface area contributed by atoms with Crippen LogP contribution in [0.1, 0.15) is 86.0 Å². The average molecular weight is 309 g/mol. The highest BCUT2D eigenvalue weighted by Gasteiger charge is 2.59. The second-order valence-corrected chi connectivity index (χ2v) is 8.52. The van der Waals surface area contributed by atoms with Crippen molar-refractivity contribution in [2.75, 3.05) is 0 Å². The summed E-state index contributed by atoms with van der Waals surface area (Å²) in [6, 6.07) is 0. The quantitative estimate of drug-likeness (QED) is 0.777. The molecule has 0 amide bonds. The first-order chi connectivity index (χ1) is 10.3. The second-order valence-electron chi connectivity index (χ2n) is 8.52. The van der Waals surface area contributed by atoms with E-state index in [0.29, 0.717) is 42.3 Å². The summed E-state index contributed by atoms with van der Waals surface area (Å²) in [6.45, 7) is 11.3. The van der Waals surface area contributed by atoms with E-state index in [4.69, 9.17) is 0 Å². The highest BCUT2D eigenvalue weighted by Crippen LogP contribution is 2.60. The predicted octanol–water partition coefficient (Wildman–Crippen LogP) is 4.99. The lowest BCUT2D eigenvalue weighted by atomic mass is 9.47. The number of hydrogen-bond donors (Lipinski definition) is 1. The number of fused-ring (bicyclic) bond motifs is 1. The maximum Gasteiger partial charge on any atom is 0.133 e. The van der Waals surface area contributed by atoms with Crippen molar-refractivity contribution in [2.24, 2.45) is 29.1 Å². The van der Waals surface area contributed by atoms with Crippen molar-refractivity contribution in [1.29, 1.82) is 0 Å². The number of carbonyl (C=O) groups is 1. The monoisotopic (exact) mass is 308 g/mol. The molecule has 0 spiro atoms. The van der Waals surface area contributed by atoms with Gasteiger partial charge in [0.25, 0.3) is 0 Å². The number of aliphatic hydroxyl groups is 1. The Morgan fingerprint density at radius 3 is 2.50 bits per heavy atom. The molecule has 0 radical (unpaired) electrons. The Labute approximate surface area is 137 Å². The van der Waals surface area contributed by atoms with Crippen LogP contribution < -0.4 is 0 Å². The molecule has 2 fully saturated rings. The predicted molar refractivity (Wildman–Crippen MR) is 91.7 cm³/mol. The molecular weight excluding hydrogens is 272 g/mol. The zero-order valence-corrected chi connectivity index (χ0v) is 15.3. The Kier molecular flexibility index (Phi) is 5.42. The minimum atomic E-state index is -0.597. The highest BCUT2D eigenvalue weighted by atomic mass is 16.3. The fraction of sp³-hybridized carbons (Fsp3) is 0.950. The van der Waals surface area contributed by atoms with Crippen molar-refractivity contribution in [3.8, 4) is 0 Å². The SMILES string of the molecule is CCCC(C(C)C)C1CCC2CC(=O)CCC2(C)C1(O)CC. The van der Waals surface area contributed by atoms with Gasteiger partial charge in [-0.25, -0.2) is 0 Å². The topological polar surface area (TPSA) is 37.3 Å². The van der Waals surface area contributed by atoms with Crippen molar-refractivity contribution >= 4 is 5.78 Å². The number of Topliss-reactive ketones (excluding diaryl/α,β-unsaturated/α-hetero) is 1. The zero-order valence-electron chi connectivity index (χ0n) is 15.3. The van der Waals surface area contributed by atoms with Gasteiger partial charge in [-0.15, -0.1) is 0 Å². The van der Waals surface area contributed by atoms with E-state index in [1.54, 1.807) is 0 Å². The summed E-state index contributed by atoms with van der Waals surface area (Å²) in [6.07, 6.45) is 7.71. The minimum absolute atomic E-state index is 0.0700. The van der Waals surface area contributed by atoms with E-state index in [-0.39, 0.29) is 5.41 Å². The Morgan fingerprint density at radius 1 is 1.27 bits per heavy atom. The lowest BCUT2D eigenvalue weighted by Crippen LogP contribution is -2.62. The molecule has 0 saturated heterocycles. The van der Waals surface area contributed by atoms with Crippen molar-refractivity contribution in [2.45, 2.75) is 91.6 Å². The third-order valence-corrected chi connectivity index (χ3v) is 7.26. The molecule has 0 aromatic rings. The molecule has 5 unspecified atom stereocenters. The largest absolute Gasteiger partial charge is 0.389 e. The van der Waals surface area contributed by atoms with Crippen LogP contribution in [0.4, 0.5) is 0 Å². The van der Waals surface area contributed by atoms with E-state index >= 15 is 0 Å². The Bertz CT molecular complexity index is 403. The highest BCUT2D eigenvalue weighted by molar-refractivity contribution is 5.79. The molecular formula is C20H36O2. The first kappa shape index (κ1) is 18.0. The van der Waals surface area contributed by atoms with Crippen LogP contribution in [0.3, 0.4) is 0 Å². The van der Waals surface area contributed by atoms with Crippen molar-refractivity contribution in [1.82, 2.24) is 0 Å². The maximum absolute atomic E-state index is 11.9. The van der Waals surface area contributed by atoms with Gasteiger partial charge >= 0.3 is 0 Å². The van der Waals surface area contributed by atoms with Gasteiger partial charge in [0.05, 0.1) is 5.60 Å². The summed E-state index contributed by atoms with van der Waals surface area (Å²) in [4.78, 5) is 11.9. The van der Waals surface area contributed by atoms with Crippen molar-refractivity contribution < 1.29 is 9.90 Å². The minimum Gasteiger partial charge on any atom is -0.389 e. The Morgan fingerprint density at radius 2 is 1.95 bits per heavy atom. The van der Waals surface area contributed by atoms with Crippen LogP contribution in [-0.4, -0.2) is 16.5 Å². The van der Waals surface area contributed by atoms with Crippen molar-refractivity contribution in [3.05, 3.63) is 0 Å². The molecule has 0 aliphatic heterocycles. The van der Waals surface area contributed by atoms with Gasteiger partial charge in [-0.1, -0.05) is 47.5 Å². The summed E-state index contributed by atoms with van der Waals surface area (Å²) < 4.78 is 0. The van der Waals surface area contributed by atoms with Gasteiger partial charge in [0, 0.05) is 18.3 Å². The fourth-order valence-electron chi connectivity index (χ4n) is 5.81. The molecule has 2 saturated carbocycles. The van der Waals surface area contributed by atoms with Crippen LogP contribution in [0.5, 0.6) is 0 Å². The Balaban J connectivity index is 2.35. The smallest absolute Gasteiger partial charge is 0.133 e. The van der Waals surface area contributed by atoms with E-state index in [1.165, 1.54) is 12.8 Å². The van der Waals surface area contributed by atoms with Crippen LogP contribution in [0, 0.1) is 29.1 Å². The summed E-state index contributed by atoms with van der Waals surface area (Å²) >= 11 is 0. The first-order valence-electron chi connectivity index (χ1n) is 9.54. The van der Waals surface area contributed by atoms with E-state index in [9.17, 15) is 9.90 Å². The molecule has 2 aliphatic rings. The van der Waals surface area contributed by atoms with Crippen LogP contribution in [0.25, 0.3) is 0 Å². The molecule has 2 nitrogen and oxygen atoms in total. The first-order valence-corrected chi connectivity index (χ1v) is 9.54. The number of carbonyl (C=O) groups excluding carboxylic acids is 1. The van der Waals surface area contributed by atoms with Gasteiger partial charge in [0.15, 0.2) is 0 Å². The molecule has 22 heavy (non-hydrogen) atoms. The Hall–Kier alpha value is -0.370. The summed E-state index contributed by atoms with van der Waals surface area (Å²) in [5.74, 6) is 2.42. The zero-order chi connectivity index (χ0) is 16.5. The maximum atomic E-state index is 11.9. The van der Waals surface area contributed by atoms with Gasteiger partial charge in [0.2, 0.25) is 0 Å². The lowest BCUT2D eigenvalue weighted by Gasteiger charge is -2.60. The van der Waals surface area contributed by atoms with E-state index in [2.05, 4.69) is 34.6 Å². The van der Waals surface area contributed by atoms with Crippen LogP contribution >= 0.6 is 0 Å². The molecule has 0 heterocycles. The van der Waals surface area contributed by atoms with Gasteiger partial charge in [0.1, 0.15) is 5.78 Å². The van der Waals surface area contributed by atoms with Gasteiger partial charge in [-0.2, -0.15) is 0 Å². The standard InChI is InChI=1S/C20H36O2/c1-6-8-17(14(3)4)18-10-9-15-13-16(21)11-12-19(15,5)20(18,22)7-2/h14-15,17-18,22H,6-13H2,1-5H3. The second kappa shape index (κ2) is 6.63. The molecule has 2 aliphatic carbocycles. The molecule has 2 heteroatoms. The molecule has 0 aromatic heterocycles. The summed E-state index contributed by atoms with van der Waals surface area (Å²) in [5, 5.41) is 11.8. The molecule has 1 N–H and O–H groups in total. The van der Waals surface area contributed by atoms with E-state index < -0.39 is 5.60 Å². The van der Waals surface area contributed by atoms with E-state index in [1.807, 2.05) is 0 Å². The fourth-order valence-corrected chi connectivity index (χ4v) is 5.81. The average Bonchev–Trinajstić information content (AvgIpc) is 2.48. The summed E-state index contributed by atoms with van der Waals surface area (Å²) in [5.41, 5.74) is -0.666. The van der Waals surface area contributed by atoms with Crippen molar-refractivity contribution in [3.63, 3.8) is 0 Å². The third-order valence-electron chi connectivity index (χ3n) is 7.26. The third kappa shape index (κ3) is 2.77.